The van der Waals surface area contributed by atoms with E-state index in [0.717, 1.165) is 25.0 Å². The van der Waals surface area contributed by atoms with Crippen molar-refractivity contribution >= 4 is 5.91 Å². The van der Waals surface area contributed by atoms with E-state index in [1.54, 1.807) is 4.90 Å². The molecule has 0 bridgehead atoms. The maximum atomic E-state index is 12.7. The number of likely N-dealkylation sites (tertiary alicyclic amines) is 1. The van der Waals surface area contributed by atoms with Crippen LogP contribution in [0.1, 0.15) is 23.2 Å². The van der Waals surface area contributed by atoms with Gasteiger partial charge >= 0.3 is 6.36 Å². The normalized spacial score (nSPS) is 17.1. The molecule has 0 spiro atoms. The fraction of sp³-hybridized carbons (Fsp3) is 0.389. The molecule has 1 saturated heterocycles. The van der Waals surface area contributed by atoms with Crippen LogP contribution in [-0.4, -0.2) is 53.4 Å². The summed E-state index contributed by atoms with van der Waals surface area (Å²) in [5, 5.41) is 0. The molecule has 2 heterocycles. The number of alkyl halides is 3. The fourth-order valence-electron chi connectivity index (χ4n) is 2.86. The van der Waals surface area contributed by atoms with Crippen molar-refractivity contribution in [2.24, 2.45) is 0 Å². The number of amides is 1. The maximum Gasteiger partial charge on any atom is 0.573 e. The standard InChI is InChI=1S/C18H18F3N3O4/c1-26-15-9-22-10-16(23-15)27-14-3-2-8-24(11-14)17(25)12-4-6-13(7-5-12)28-18(19,20)21/h4-7,9-10,14H,2-3,8,11H2,1H3. The van der Waals surface area contributed by atoms with Gasteiger partial charge in [-0.3, -0.25) is 9.78 Å². The lowest BCUT2D eigenvalue weighted by molar-refractivity contribution is -0.274. The number of nitrogens with zero attached hydrogens (tertiary/aromatic N) is 3. The summed E-state index contributed by atoms with van der Waals surface area (Å²) < 4.78 is 51.3. The fourth-order valence-corrected chi connectivity index (χ4v) is 2.86. The molecule has 1 amide bonds. The van der Waals surface area contributed by atoms with Crippen LogP contribution in [0.25, 0.3) is 0 Å². The highest BCUT2D eigenvalue weighted by Gasteiger charge is 2.31. The Hall–Kier alpha value is -3.04. The summed E-state index contributed by atoms with van der Waals surface area (Å²) >= 11 is 0. The number of carbonyl (C=O) groups is 1. The molecule has 10 heteroatoms. The molecule has 1 fully saturated rings. The molecule has 28 heavy (non-hydrogen) atoms. The van der Waals surface area contributed by atoms with Crippen LogP contribution in [0, 0.1) is 0 Å². The Kier molecular flexibility index (Phi) is 5.86. The molecule has 0 radical (unpaired) electrons. The molecule has 150 valence electrons. The largest absolute Gasteiger partial charge is 0.573 e. The highest BCUT2D eigenvalue weighted by atomic mass is 19.4. The summed E-state index contributed by atoms with van der Waals surface area (Å²) in [6.07, 6.45) is -0.666. The van der Waals surface area contributed by atoms with Gasteiger partial charge in [0, 0.05) is 12.1 Å². The van der Waals surface area contributed by atoms with E-state index in [1.165, 1.54) is 31.6 Å². The molecule has 0 aliphatic carbocycles. The monoisotopic (exact) mass is 397 g/mol. The molecule has 0 N–H and O–H groups in total. The molecule has 1 aliphatic rings. The Labute approximate surface area is 159 Å². The Balaban J connectivity index is 1.62. The van der Waals surface area contributed by atoms with Crippen LogP contribution in [0.15, 0.2) is 36.7 Å². The van der Waals surface area contributed by atoms with E-state index in [9.17, 15) is 18.0 Å². The molecule has 7 nitrogen and oxygen atoms in total. The maximum absolute atomic E-state index is 12.7. The van der Waals surface area contributed by atoms with Crippen molar-refractivity contribution in [2.75, 3.05) is 20.2 Å². The predicted octanol–water partition coefficient (Wildman–Crippen LogP) is 3.07. The van der Waals surface area contributed by atoms with Crippen molar-refractivity contribution in [3.8, 4) is 17.5 Å². The lowest BCUT2D eigenvalue weighted by Gasteiger charge is -2.32. The summed E-state index contributed by atoms with van der Waals surface area (Å²) in [7, 11) is 1.47. The minimum atomic E-state index is -4.77. The van der Waals surface area contributed by atoms with Gasteiger partial charge in [0.15, 0.2) is 0 Å². The first kappa shape index (κ1) is 19.7. The van der Waals surface area contributed by atoms with Gasteiger partial charge in [0.1, 0.15) is 11.9 Å². The number of carbonyl (C=O) groups excluding carboxylic acids is 1. The van der Waals surface area contributed by atoms with E-state index < -0.39 is 6.36 Å². The third-order valence-corrected chi connectivity index (χ3v) is 4.09. The number of ether oxygens (including phenoxy) is 3. The number of rotatable bonds is 5. The number of methoxy groups -OCH3 is 1. The molecular formula is C18H18F3N3O4. The average molecular weight is 397 g/mol. The van der Waals surface area contributed by atoms with Gasteiger partial charge in [-0.05, 0) is 37.1 Å². The summed E-state index contributed by atoms with van der Waals surface area (Å²) in [5.74, 6) is -0.0428. The average Bonchev–Trinajstić information content (AvgIpc) is 2.67. The quantitative estimate of drug-likeness (QED) is 0.772. The summed E-state index contributed by atoms with van der Waals surface area (Å²) in [6.45, 7) is 0.863. The SMILES string of the molecule is COc1cncc(OC2CCCN(C(=O)c3ccc(OC(F)(F)F)cc3)C2)n1. The Morgan fingerprint density at radius 2 is 1.89 bits per heavy atom. The second kappa shape index (κ2) is 8.32. The highest BCUT2D eigenvalue weighted by molar-refractivity contribution is 5.94. The van der Waals surface area contributed by atoms with Gasteiger partial charge < -0.3 is 19.1 Å². The smallest absolute Gasteiger partial charge is 0.480 e. The second-order valence-electron chi connectivity index (χ2n) is 6.11. The molecule has 3 rings (SSSR count). The van der Waals surface area contributed by atoms with Crippen molar-refractivity contribution < 1.29 is 32.2 Å². The minimum Gasteiger partial charge on any atom is -0.480 e. The number of benzene rings is 1. The van der Waals surface area contributed by atoms with Gasteiger partial charge in [0.05, 0.1) is 26.0 Å². The molecule has 1 atom stereocenters. The molecule has 1 aromatic heterocycles. The van der Waals surface area contributed by atoms with Gasteiger partial charge in [-0.15, -0.1) is 13.2 Å². The van der Waals surface area contributed by atoms with Crippen molar-refractivity contribution in [2.45, 2.75) is 25.3 Å². The van der Waals surface area contributed by atoms with E-state index >= 15 is 0 Å². The molecule has 1 aromatic carbocycles. The third-order valence-electron chi connectivity index (χ3n) is 4.09. The van der Waals surface area contributed by atoms with E-state index in [2.05, 4.69) is 14.7 Å². The zero-order valence-corrected chi connectivity index (χ0v) is 15.0. The summed E-state index contributed by atoms with van der Waals surface area (Å²) in [6, 6.07) is 4.85. The van der Waals surface area contributed by atoms with Crippen LogP contribution in [0.2, 0.25) is 0 Å². The van der Waals surface area contributed by atoms with E-state index in [4.69, 9.17) is 9.47 Å². The van der Waals surface area contributed by atoms with E-state index in [0.29, 0.717) is 24.8 Å². The molecular weight excluding hydrogens is 379 g/mol. The lowest BCUT2D eigenvalue weighted by atomic mass is 10.1. The summed E-state index contributed by atoms with van der Waals surface area (Å²) in [5.41, 5.74) is 0.274. The van der Waals surface area contributed by atoms with Gasteiger partial charge in [-0.25, -0.2) is 0 Å². The minimum absolute atomic E-state index is 0.271. The van der Waals surface area contributed by atoms with Crippen molar-refractivity contribution in [3.05, 3.63) is 42.2 Å². The topological polar surface area (TPSA) is 73.8 Å². The molecule has 1 unspecified atom stereocenters. The molecule has 2 aromatic rings. The van der Waals surface area contributed by atoms with Gasteiger partial charge in [-0.2, -0.15) is 4.98 Å². The van der Waals surface area contributed by atoms with Gasteiger partial charge in [0.25, 0.3) is 5.91 Å². The zero-order chi connectivity index (χ0) is 20.1. The first-order valence-electron chi connectivity index (χ1n) is 8.52. The Bertz CT molecular complexity index is 814. The Morgan fingerprint density at radius 1 is 1.18 bits per heavy atom. The number of piperidine rings is 1. The van der Waals surface area contributed by atoms with E-state index in [1.807, 2.05) is 0 Å². The van der Waals surface area contributed by atoms with Crippen LogP contribution >= 0.6 is 0 Å². The Morgan fingerprint density at radius 3 is 2.57 bits per heavy atom. The number of hydrogen-bond acceptors (Lipinski definition) is 6. The van der Waals surface area contributed by atoms with Crippen LogP contribution in [-0.2, 0) is 0 Å². The van der Waals surface area contributed by atoms with Crippen molar-refractivity contribution in [1.82, 2.24) is 14.9 Å². The highest BCUT2D eigenvalue weighted by Crippen LogP contribution is 2.24. The number of halogens is 3. The molecule has 1 aliphatic heterocycles. The van der Waals surface area contributed by atoms with Crippen LogP contribution in [0.3, 0.4) is 0 Å². The van der Waals surface area contributed by atoms with Crippen LogP contribution < -0.4 is 14.2 Å². The van der Waals surface area contributed by atoms with Crippen molar-refractivity contribution in [1.29, 1.82) is 0 Å². The van der Waals surface area contributed by atoms with Crippen LogP contribution in [0.4, 0.5) is 13.2 Å². The first-order valence-corrected chi connectivity index (χ1v) is 8.52. The first-order chi connectivity index (χ1) is 13.3. The lowest BCUT2D eigenvalue weighted by Crippen LogP contribution is -2.44. The third kappa shape index (κ3) is 5.24. The van der Waals surface area contributed by atoms with E-state index in [-0.39, 0.29) is 23.3 Å². The van der Waals surface area contributed by atoms with Gasteiger partial charge in [-0.1, -0.05) is 0 Å². The van der Waals surface area contributed by atoms with Crippen LogP contribution in [0.5, 0.6) is 17.5 Å². The zero-order valence-electron chi connectivity index (χ0n) is 15.0. The number of hydrogen-bond donors (Lipinski definition) is 0. The molecule has 0 saturated carbocycles. The second-order valence-corrected chi connectivity index (χ2v) is 6.11. The summed E-state index contributed by atoms with van der Waals surface area (Å²) in [4.78, 5) is 22.4. The van der Waals surface area contributed by atoms with Gasteiger partial charge in [0.2, 0.25) is 11.8 Å². The predicted molar refractivity (Wildman–Crippen MR) is 91.3 cm³/mol. The van der Waals surface area contributed by atoms with Crippen molar-refractivity contribution in [3.63, 3.8) is 0 Å². The number of aromatic nitrogens is 2.